The molecule has 0 spiro atoms. The molecule has 0 bridgehead atoms. The van der Waals surface area contributed by atoms with Crippen LogP contribution >= 0.6 is 0 Å². The van der Waals surface area contributed by atoms with Crippen LogP contribution in [0.3, 0.4) is 0 Å². The molecule has 2 atom stereocenters. The van der Waals surface area contributed by atoms with Crippen LogP contribution in [-0.4, -0.2) is 55.4 Å². The lowest BCUT2D eigenvalue weighted by Gasteiger charge is -2.35. The van der Waals surface area contributed by atoms with E-state index in [9.17, 15) is 9.59 Å². The molecule has 1 heterocycles. The number of carbonyl (C=O) groups is 2. The molecular weight excluding hydrogens is 248 g/mol. The molecule has 2 amide bonds. The highest BCUT2D eigenvalue weighted by molar-refractivity contribution is 5.74. The summed E-state index contributed by atoms with van der Waals surface area (Å²) in [6.45, 7) is 4.34. The van der Waals surface area contributed by atoms with Crippen molar-refractivity contribution in [2.75, 3.05) is 33.4 Å². The molecule has 0 aliphatic carbocycles. The average Bonchev–Trinajstić information content (AvgIpc) is 2.38. The minimum Gasteiger partial charge on any atom is -0.481 e. The van der Waals surface area contributed by atoms with Crippen molar-refractivity contribution >= 4 is 12.0 Å². The minimum atomic E-state index is -0.769. The molecule has 2 unspecified atom stereocenters. The van der Waals surface area contributed by atoms with Crippen molar-refractivity contribution in [1.82, 2.24) is 10.2 Å². The van der Waals surface area contributed by atoms with Crippen molar-refractivity contribution in [2.45, 2.75) is 26.2 Å². The predicted molar refractivity (Wildman–Crippen MR) is 71.0 cm³/mol. The standard InChI is InChI=1S/C13H24N2O4/c1-10(8-12(16)17)11-4-3-6-15(9-11)13(18)14-5-7-19-2/h10-11H,3-9H2,1-2H3,(H,14,18)(H,16,17). The van der Waals surface area contributed by atoms with Gasteiger partial charge in [0.15, 0.2) is 0 Å². The first kappa shape index (κ1) is 15.8. The highest BCUT2D eigenvalue weighted by atomic mass is 16.5. The van der Waals surface area contributed by atoms with Crippen LogP contribution < -0.4 is 5.32 Å². The fourth-order valence-corrected chi connectivity index (χ4v) is 2.47. The molecule has 0 aromatic heterocycles. The van der Waals surface area contributed by atoms with Gasteiger partial charge >= 0.3 is 12.0 Å². The molecule has 6 heteroatoms. The van der Waals surface area contributed by atoms with Crippen LogP contribution in [0.4, 0.5) is 4.79 Å². The third-order valence-electron chi connectivity index (χ3n) is 3.63. The van der Waals surface area contributed by atoms with Crippen LogP contribution in [0.25, 0.3) is 0 Å². The number of hydrogen-bond acceptors (Lipinski definition) is 3. The number of methoxy groups -OCH3 is 1. The molecular formula is C13H24N2O4. The summed E-state index contributed by atoms with van der Waals surface area (Å²) >= 11 is 0. The Kier molecular flexibility index (Phi) is 6.62. The number of amides is 2. The van der Waals surface area contributed by atoms with Crippen LogP contribution in [0.5, 0.6) is 0 Å². The number of hydrogen-bond donors (Lipinski definition) is 2. The fraction of sp³-hybridized carbons (Fsp3) is 0.846. The van der Waals surface area contributed by atoms with Gasteiger partial charge in [0, 0.05) is 33.2 Å². The third-order valence-corrected chi connectivity index (χ3v) is 3.63. The molecule has 0 saturated carbocycles. The number of carbonyl (C=O) groups excluding carboxylic acids is 1. The molecule has 1 aliphatic heterocycles. The number of carboxylic acids is 1. The van der Waals surface area contributed by atoms with E-state index in [1.165, 1.54) is 0 Å². The first-order valence-corrected chi connectivity index (χ1v) is 6.78. The zero-order valence-corrected chi connectivity index (χ0v) is 11.7. The van der Waals surface area contributed by atoms with Crippen molar-refractivity contribution in [1.29, 1.82) is 0 Å². The van der Waals surface area contributed by atoms with Gasteiger partial charge in [0.05, 0.1) is 6.61 Å². The van der Waals surface area contributed by atoms with E-state index in [0.29, 0.717) is 19.7 Å². The molecule has 1 saturated heterocycles. The lowest BCUT2D eigenvalue weighted by atomic mass is 9.85. The maximum atomic E-state index is 11.9. The molecule has 1 aliphatic rings. The zero-order valence-electron chi connectivity index (χ0n) is 11.7. The summed E-state index contributed by atoms with van der Waals surface area (Å²) < 4.78 is 4.88. The summed E-state index contributed by atoms with van der Waals surface area (Å²) in [4.78, 5) is 24.4. The molecule has 0 aromatic carbocycles. The number of ether oxygens (including phenoxy) is 1. The van der Waals surface area contributed by atoms with E-state index in [4.69, 9.17) is 9.84 Å². The van der Waals surface area contributed by atoms with E-state index in [1.54, 1.807) is 12.0 Å². The largest absolute Gasteiger partial charge is 0.481 e. The van der Waals surface area contributed by atoms with Crippen molar-refractivity contribution < 1.29 is 19.4 Å². The summed E-state index contributed by atoms with van der Waals surface area (Å²) in [5.74, 6) is -0.390. The van der Waals surface area contributed by atoms with Gasteiger partial charge in [-0.05, 0) is 24.7 Å². The van der Waals surface area contributed by atoms with Gasteiger partial charge in [0.25, 0.3) is 0 Å². The minimum absolute atomic E-state index is 0.0794. The number of piperidine rings is 1. The van der Waals surface area contributed by atoms with Gasteiger partial charge < -0.3 is 20.1 Å². The maximum absolute atomic E-state index is 11.9. The number of carboxylic acid groups (broad SMARTS) is 1. The molecule has 0 aromatic rings. The molecule has 1 rings (SSSR count). The monoisotopic (exact) mass is 272 g/mol. The van der Waals surface area contributed by atoms with Crippen molar-refractivity contribution in [3.63, 3.8) is 0 Å². The molecule has 0 radical (unpaired) electrons. The number of aliphatic carboxylic acids is 1. The predicted octanol–water partition coefficient (Wildman–Crippen LogP) is 1.17. The molecule has 6 nitrogen and oxygen atoms in total. The Hall–Kier alpha value is -1.30. The number of nitrogens with one attached hydrogen (secondary N) is 1. The second kappa shape index (κ2) is 7.99. The highest BCUT2D eigenvalue weighted by Gasteiger charge is 2.28. The smallest absolute Gasteiger partial charge is 0.317 e. The normalized spacial score (nSPS) is 20.9. The Morgan fingerprint density at radius 2 is 2.26 bits per heavy atom. The molecule has 19 heavy (non-hydrogen) atoms. The Morgan fingerprint density at radius 3 is 2.89 bits per heavy atom. The van der Waals surface area contributed by atoms with Crippen molar-refractivity contribution in [2.24, 2.45) is 11.8 Å². The number of rotatable bonds is 6. The average molecular weight is 272 g/mol. The lowest BCUT2D eigenvalue weighted by molar-refractivity contribution is -0.138. The Balaban J connectivity index is 2.40. The summed E-state index contributed by atoms with van der Waals surface area (Å²) in [5.41, 5.74) is 0. The third kappa shape index (κ3) is 5.46. The Labute approximate surface area is 114 Å². The second-order valence-corrected chi connectivity index (χ2v) is 5.15. The summed E-state index contributed by atoms with van der Waals surface area (Å²) in [6, 6.07) is -0.0794. The van der Waals surface area contributed by atoms with Crippen LogP contribution in [0, 0.1) is 11.8 Å². The number of urea groups is 1. The van der Waals surface area contributed by atoms with Crippen LogP contribution in [0.15, 0.2) is 0 Å². The number of likely N-dealkylation sites (tertiary alicyclic amines) is 1. The van der Waals surface area contributed by atoms with Crippen LogP contribution in [0.2, 0.25) is 0 Å². The quantitative estimate of drug-likeness (QED) is 0.711. The van der Waals surface area contributed by atoms with Gasteiger partial charge in [-0.2, -0.15) is 0 Å². The van der Waals surface area contributed by atoms with Crippen molar-refractivity contribution in [3.8, 4) is 0 Å². The van der Waals surface area contributed by atoms with Gasteiger partial charge in [-0.1, -0.05) is 6.92 Å². The van der Waals surface area contributed by atoms with E-state index < -0.39 is 5.97 Å². The van der Waals surface area contributed by atoms with Gasteiger partial charge in [0.1, 0.15) is 0 Å². The highest BCUT2D eigenvalue weighted by Crippen LogP contribution is 2.26. The Bertz CT molecular complexity index is 309. The summed E-state index contributed by atoms with van der Waals surface area (Å²) in [7, 11) is 1.59. The lowest BCUT2D eigenvalue weighted by Crippen LogP contribution is -2.47. The first-order chi connectivity index (χ1) is 9.04. The first-order valence-electron chi connectivity index (χ1n) is 6.78. The summed E-state index contributed by atoms with van der Waals surface area (Å²) in [5, 5.41) is 11.6. The molecule has 110 valence electrons. The summed E-state index contributed by atoms with van der Waals surface area (Å²) in [6.07, 6.45) is 2.10. The van der Waals surface area contributed by atoms with Crippen LogP contribution in [0.1, 0.15) is 26.2 Å². The van der Waals surface area contributed by atoms with Crippen LogP contribution in [-0.2, 0) is 9.53 Å². The molecule has 1 fully saturated rings. The van der Waals surface area contributed by atoms with Gasteiger partial charge in [-0.25, -0.2) is 4.79 Å². The van der Waals surface area contributed by atoms with Crippen molar-refractivity contribution in [3.05, 3.63) is 0 Å². The number of nitrogens with zero attached hydrogens (tertiary/aromatic N) is 1. The Morgan fingerprint density at radius 1 is 1.53 bits per heavy atom. The van der Waals surface area contributed by atoms with E-state index in [1.807, 2.05) is 6.92 Å². The van der Waals surface area contributed by atoms with Gasteiger partial charge in [0.2, 0.25) is 0 Å². The van der Waals surface area contributed by atoms with Gasteiger partial charge in [-0.3, -0.25) is 4.79 Å². The SMILES string of the molecule is COCCNC(=O)N1CCCC(C(C)CC(=O)O)C1. The van der Waals surface area contributed by atoms with E-state index in [0.717, 1.165) is 19.4 Å². The molecule has 2 N–H and O–H groups in total. The maximum Gasteiger partial charge on any atom is 0.317 e. The zero-order chi connectivity index (χ0) is 14.3. The van der Waals surface area contributed by atoms with E-state index in [-0.39, 0.29) is 24.3 Å². The van der Waals surface area contributed by atoms with E-state index in [2.05, 4.69) is 5.32 Å². The second-order valence-electron chi connectivity index (χ2n) is 5.15. The topological polar surface area (TPSA) is 78.9 Å². The fourth-order valence-electron chi connectivity index (χ4n) is 2.47. The van der Waals surface area contributed by atoms with Gasteiger partial charge in [-0.15, -0.1) is 0 Å². The van der Waals surface area contributed by atoms with E-state index >= 15 is 0 Å².